The van der Waals surface area contributed by atoms with Crippen molar-refractivity contribution in [2.75, 3.05) is 0 Å². The Hall–Kier alpha value is -5.34. The average molecular weight is 509 g/mol. The van der Waals surface area contributed by atoms with E-state index in [-0.39, 0.29) is 0 Å². The summed E-state index contributed by atoms with van der Waals surface area (Å²) in [4.78, 5) is 0. The van der Waals surface area contributed by atoms with Gasteiger partial charge in [0.05, 0.1) is 22.1 Å². The van der Waals surface area contributed by atoms with Crippen LogP contribution in [-0.2, 0) is 0 Å². The predicted octanol–water partition coefficient (Wildman–Crippen LogP) is 10.2. The third-order valence-corrected chi connectivity index (χ3v) is 8.46. The van der Waals surface area contributed by atoms with Crippen LogP contribution >= 0.6 is 0 Å². The van der Waals surface area contributed by atoms with E-state index in [4.69, 9.17) is 0 Å². The zero-order chi connectivity index (χ0) is 26.2. The molecular formula is C38H24N2. The van der Waals surface area contributed by atoms with Crippen molar-refractivity contribution in [3.05, 3.63) is 146 Å². The largest absolute Gasteiger partial charge is 0.309 e. The Morgan fingerprint density at radius 2 is 0.725 bits per heavy atom. The summed E-state index contributed by atoms with van der Waals surface area (Å²) in [6.07, 6.45) is 0. The molecule has 7 aromatic carbocycles. The molecule has 0 aliphatic rings. The zero-order valence-corrected chi connectivity index (χ0v) is 21.8. The van der Waals surface area contributed by atoms with Crippen LogP contribution in [0, 0.1) is 0 Å². The maximum atomic E-state index is 2.45. The number of para-hydroxylation sites is 2. The molecule has 2 aromatic heterocycles. The molecule has 0 unspecified atom stereocenters. The maximum Gasteiger partial charge on any atom is 0.0562 e. The van der Waals surface area contributed by atoms with Gasteiger partial charge in [0.25, 0.3) is 0 Å². The smallest absolute Gasteiger partial charge is 0.0562 e. The second kappa shape index (κ2) is 8.08. The van der Waals surface area contributed by atoms with Gasteiger partial charge in [0.2, 0.25) is 0 Å². The van der Waals surface area contributed by atoms with E-state index >= 15 is 0 Å². The molecule has 0 saturated heterocycles. The molecule has 9 rings (SSSR count). The number of hydrogen-bond acceptors (Lipinski definition) is 0. The van der Waals surface area contributed by atoms with Gasteiger partial charge in [-0.25, -0.2) is 0 Å². The van der Waals surface area contributed by atoms with E-state index in [0.29, 0.717) is 0 Å². The molecule has 0 aliphatic heterocycles. The Labute approximate surface area is 230 Å². The number of benzene rings is 7. The Bertz CT molecular complexity index is 2240. The lowest BCUT2D eigenvalue weighted by atomic mass is 10.0. The summed E-state index contributed by atoms with van der Waals surface area (Å²) in [6, 6.07) is 53.0. The first-order valence-electron chi connectivity index (χ1n) is 13.8. The quantitative estimate of drug-likeness (QED) is 0.220. The Kier molecular flexibility index (Phi) is 4.36. The molecule has 9 aromatic rings. The first kappa shape index (κ1) is 21.6. The van der Waals surface area contributed by atoms with Gasteiger partial charge in [-0.1, -0.05) is 97.1 Å². The van der Waals surface area contributed by atoms with Crippen LogP contribution in [0.2, 0.25) is 0 Å². The van der Waals surface area contributed by atoms with Gasteiger partial charge in [-0.15, -0.1) is 0 Å². The van der Waals surface area contributed by atoms with Gasteiger partial charge in [-0.3, -0.25) is 0 Å². The van der Waals surface area contributed by atoms with Gasteiger partial charge in [-0.05, 0) is 70.1 Å². The molecule has 0 saturated carbocycles. The van der Waals surface area contributed by atoms with Gasteiger partial charge in [0, 0.05) is 32.9 Å². The van der Waals surface area contributed by atoms with E-state index in [1.807, 2.05) is 0 Å². The Morgan fingerprint density at radius 3 is 1.20 bits per heavy atom. The monoisotopic (exact) mass is 508 g/mol. The van der Waals surface area contributed by atoms with Crippen molar-refractivity contribution in [1.82, 2.24) is 9.13 Å². The minimum Gasteiger partial charge on any atom is -0.309 e. The fourth-order valence-corrected chi connectivity index (χ4v) is 6.78. The highest BCUT2D eigenvalue weighted by Crippen LogP contribution is 2.43. The number of aromatic nitrogens is 2. The van der Waals surface area contributed by atoms with Crippen LogP contribution in [0.1, 0.15) is 0 Å². The number of fused-ring (bicyclic) bond motifs is 10. The Balaban J connectivity index is 1.57. The molecule has 186 valence electrons. The van der Waals surface area contributed by atoms with Gasteiger partial charge in [0.1, 0.15) is 0 Å². The van der Waals surface area contributed by atoms with Crippen molar-refractivity contribution in [3.8, 4) is 11.4 Å². The van der Waals surface area contributed by atoms with E-state index in [2.05, 4.69) is 155 Å². The zero-order valence-electron chi connectivity index (χ0n) is 21.8. The first-order chi connectivity index (χ1) is 19.9. The third-order valence-electron chi connectivity index (χ3n) is 8.46. The van der Waals surface area contributed by atoms with Crippen LogP contribution in [-0.4, -0.2) is 9.13 Å². The van der Waals surface area contributed by atoms with Gasteiger partial charge < -0.3 is 9.13 Å². The lowest BCUT2D eigenvalue weighted by molar-refractivity contribution is 1.17. The molecule has 0 N–H and O–H groups in total. The minimum absolute atomic E-state index is 1.17. The van der Waals surface area contributed by atoms with Crippen LogP contribution in [0.15, 0.2) is 146 Å². The molecule has 2 heterocycles. The molecule has 0 bridgehead atoms. The van der Waals surface area contributed by atoms with E-state index in [9.17, 15) is 0 Å². The van der Waals surface area contributed by atoms with E-state index in [0.717, 1.165) is 0 Å². The summed E-state index contributed by atoms with van der Waals surface area (Å²) in [5.74, 6) is 0. The van der Waals surface area contributed by atoms with Gasteiger partial charge in [0.15, 0.2) is 0 Å². The van der Waals surface area contributed by atoms with Crippen molar-refractivity contribution in [3.63, 3.8) is 0 Å². The normalized spacial score (nSPS) is 12.0. The maximum absolute atomic E-state index is 2.45. The van der Waals surface area contributed by atoms with Crippen molar-refractivity contribution >= 4 is 65.2 Å². The van der Waals surface area contributed by atoms with Crippen molar-refractivity contribution in [1.29, 1.82) is 0 Å². The predicted molar refractivity (Wildman–Crippen MR) is 170 cm³/mol. The second-order valence-corrected chi connectivity index (χ2v) is 10.6. The van der Waals surface area contributed by atoms with Gasteiger partial charge in [-0.2, -0.15) is 0 Å². The molecule has 0 aliphatic carbocycles. The van der Waals surface area contributed by atoms with E-state index in [1.54, 1.807) is 0 Å². The highest BCUT2D eigenvalue weighted by atomic mass is 15.0. The highest BCUT2D eigenvalue weighted by molar-refractivity contribution is 6.28. The lowest BCUT2D eigenvalue weighted by Gasteiger charge is -2.10. The summed E-state index contributed by atoms with van der Waals surface area (Å²) in [7, 11) is 0. The minimum atomic E-state index is 1.17. The van der Waals surface area contributed by atoms with E-state index < -0.39 is 0 Å². The molecule has 0 spiro atoms. The van der Waals surface area contributed by atoms with E-state index in [1.165, 1.54) is 76.5 Å². The standard InChI is InChI=1S/C38H24N2/c1-3-13-27(14-4-1)39-33-21-19-25-11-7-9-17-29(25)37(33)31-23-32-36(24-35(31)39)40(28-15-5-2-6-16-28)34-22-20-26-12-8-10-18-30(26)38(32)34/h1-24H. The molecule has 0 amide bonds. The summed E-state index contributed by atoms with van der Waals surface area (Å²) < 4.78 is 4.86. The number of hydrogen-bond donors (Lipinski definition) is 0. The topological polar surface area (TPSA) is 9.86 Å². The molecule has 0 atom stereocenters. The summed E-state index contributed by atoms with van der Waals surface area (Å²) in [5.41, 5.74) is 7.24. The molecule has 0 radical (unpaired) electrons. The molecule has 0 fully saturated rings. The van der Waals surface area contributed by atoms with Crippen LogP contribution in [0.4, 0.5) is 0 Å². The van der Waals surface area contributed by atoms with Crippen LogP contribution in [0.5, 0.6) is 0 Å². The van der Waals surface area contributed by atoms with Crippen LogP contribution in [0.25, 0.3) is 76.5 Å². The SMILES string of the molecule is c1ccc(-n2c3cc4c(cc3c3c5ccccc5ccc32)c2c3ccccc3ccc2n4-c2ccccc2)cc1. The van der Waals surface area contributed by atoms with Gasteiger partial charge >= 0.3 is 0 Å². The van der Waals surface area contributed by atoms with Crippen LogP contribution in [0.3, 0.4) is 0 Å². The lowest BCUT2D eigenvalue weighted by Crippen LogP contribution is -1.95. The number of rotatable bonds is 2. The van der Waals surface area contributed by atoms with Crippen molar-refractivity contribution < 1.29 is 0 Å². The second-order valence-electron chi connectivity index (χ2n) is 10.6. The highest BCUT2D eigenvalue weighted by Gasteiger charge is 2.20. The molecule has 2 heteroatoms. The first-order valence-corrected chi connectivity index (χ1v) is 13.8. The summed E-state index contributed by atoms with van der Waals surface area (Å²) >= 11 is 0. The summed E-state index contributed by atoms with van der Waals surface area (Å²) in [6.45, 7) is 0. The number of nitrogens with zero attached hydrogens (tertiary/aromatic N) is 2. The molecule has 2 nitrogen and oxygen atoms in total. The fourth-order valence-electron chi connectivity index (χ4n) is 6.78. The third kappa shape index (κ3) is 2.88. The van der Waals surface area contributed by atoms with Crippen LogP contribution < -0.4 is 0 Å². The molecule has 40 heavy (non-hydrogen) atoms. The Morgan fingerprint density at radius 1 is 0.300 bits per heavy atom. The van der Waals surface area contributed by atoms with Crippen molar-refractivity contribution in [2.24, 2.45) is 0 Å². The van der Waals surface area contributed by atoms with Crippen molar-refractivity contribution in [2.45, 2.75) is 0 Å². The average Bonchev–Trinajstić information content (AvgIpc) is 3.53. The molecular weight excluding hydrogens is 484 g/mol. The summed E-state index contributed by atoms with van der Waals surface area (Å²) in [5, 5.41) is 10.3. The fraction of sp³-hybridized carbons (Fsp3) is 0.